The number of thioether (sulfide) groups is 1. The highest BCUT2D eigenvalue weighted by atomic mass is 32.2. The zero-order valence-corrected chi connectivity index (χ0v) is 11.8. The van der Waals surface area contributed by atoms with Crippen LogP contribution in [-0.4, -0.2) is 27.0 Å². The summed E-state index contributed by atoms with van der Waals surface area (Å²) < 4.78 is 35.6. The molecule has 0 saturated heterocycles. The van der Waals surface area contributed by atoms with E-state index in [1.165, 1.54) is 12.1 Å². The molecule has 1 aromatic carbocycles. The number of hydrogen-bond acceptors (Lipinski definition) is 4. The van der Waals surface area contributed by atoms with E-state index in [0.29, 0.717) is 12.2 Å². The third-order valence-electron chi connectivity index (χ3n) is 2.36. The molecule has 18 heavy (non-hydrogen) atoms. The molecular weight excluding hydrogens is 275 g/mol. The molecule has 1 aromatic rings. The number of rotatable bonds is 7. The highest BCUT2D eigenvalue weighted by Crippen LogP contribution is 2.18. The molecule has 3 N–H and O–H groups in total. The van der Waals surface area contributed by atoms with Crippen LogP contribution in [0.15, 0.2) is 23.1 Å². The van der Waals surface area contributed by atoms with E-state index in [1.54, 1.807) is 11.8 Å². The van der Waals surface area contributed by atoms with Crippen molar-refractivity contribution in [3.05, 3.63) is 24.0 Å². The van der Waals surface area contributed by atoms with Gasteiger partial charge in [0.05, 0.1) is 10.6 Å². The lowest BCUT2D eigenvalue weighted by Crippen LogP contribution is -2.13. The lowest BCUT2D eigenvalue weighted by atomic mass is 10.3. The normalized spacial score (nSPS) is 11.5. The van der Waals surface area contributed by atoms with Gasteiger partial charge >= 0.3 is 0 Å². The van der Waals surface area contributed by atoms with Crippen LogP contribution in [0.3, 0.4) is 0 Å². The van der Waals surface area contributed by atoms with Gasteiger partial charge in [0.15, 0.2) is 0 Å². The summed E-state index contributed by atoms with van der Waals surface area (Å²) in [7, 11) is -3.85. The number of unbranched alkanes of at least 4 members (excludes halogenated alkanes) is 1. The van der Waals surface area contributed by atoms with Gasteiger partial charge in [-0.3, -0.25) is 0 Å². The molecule has 0 aliphatic carbocycles. The topological polar surface area (TPSA) is 72.2 Å². The van der Waals surface area contributed by atoms with Crippen LogP contribution < -0.4 is 10.5 Å². The Morgan fingerprint density at radius 1 is 1.39 bits per heavy atom. The molecule has 0 saturated carbocycles. The summed E-state index contributed by atoms with van der Waals surface area (Å²) in [6.07, 6.45) is 4.04. The summed E-state index contributed by atoms with van der Waals surface area (Å²) in [6, 6.07) is 3.62. The highest BCUT2D eigenvalue weighted by molar-refractivity contribution is 7.98. The van der Waals surface area contributed by atoms with Gasteiger partial charge in [-0.15, -0.1) is 0 Å². The standard InChI is InChI=1S/C11H17FN2O2S2/c1-17-7-3-2-6-14-11-5-4-9(8-10(11)12)18(13,15)16/h4-5,8,14H,2-3,6-7H2,1H3,(H2,13,15,16). The average molecular weight is 292 g/mol. The van der Waals surface area contributed by atoms with Gasteiger partial charge in [0.1, 0.15) is 5.82 Å². The molecule has 0 unspecified atom stereocenters. The first kappa shape index (κ1) is 15.3. The number of nitrogens with two attached hydrogens (primary N) is 1. The summed E-state index contributed by atoms with van der Waals surface area (Å²) in [5.74, 6) is 0.473. The number of nitrogens with one attached hydrogen (secondary N) is 1. The van der Waals surface area contributed by atoms with Crippen LogP contribution in [-0.2, 0) is 10.0 Å². The third-order valence-corrected chi connectivity index (χ3v) is 3.97. The maximum absolute atomic E-state index is 13.6. The van der Waals surface area contributed by atoms with Crippen molar-refractivity contribution in [3.8, 4) is 0 Å². The van der Waals surface area contributed by atoms with Crippen LogP contribution in [0.1, 0.15) is 12.8 Å². The average Bonchev–Trinajstić information content (AvgIpc) is 2.29. The fourth-order valence-electron chi connectivity index (χ4n) is 1.41. The summed E-state index contributed by atoms with van der Waals surface area (Å²) in [6.45, 7) is 0.659. The van der Waals surface area contributed by atoms with E-state index >= 15 is 0 Å². The summed E-state index contributed by atoms with van der Waals surface area (Å²) in [4.78, 5) is -0.215. The SMILES string of the molecule is CSCCCCNc1ccc(S(N)(=O)=O)cc1F. The summed E-state index contributed by atoms with van der Waals surface area (Å²) >= 11 is 1.77. The van der Waals surface area contributed by atoms with Gasteiger partial charge in [0.25, 0.3) is 0 Å². The molecule has 0 spiro atoms. The smallest absolute Gasteiger partial charge is 0.238 e. The van der Waals surface area contributed by atoms with Gasteiger partial charge in [0, 0.05) is 6.54 Å². The zero-order chi connectivity index (χ0) is 13.6. The van der Waals surface area contributed by atoms with Crippen molar-refractivity contribution in [2.24, 2.45) is 5.14 Å². The monoisotopic (exact) mass is 292 g/mol. The third kappa shape index (κ3) is 4.83. The van der Waals surface area contributed by atoms with Crippen molar-refractivity contribution in [1.29, 1.82) is 0 Å². The molecule has 0 aliphatic heterocycles. The Labute approximate surface area is 111 Å². The van der Waals surface area contributed by atoms with E-state index in [0.717, 1.165) is 24.7 Å². The molecule has 0 heterocycles. The first-order chi connectivity index (χ1) is 8.45. The number of hydrogen-bond donors (Lipinski definition) is 2. The van der Waals surface area contributed by atoms with Crippen molar-refractivity contribution in [3.63, 3.8) is 0 Å². The number of sulfonamides is 1. The maximum atomic E-state index is 13.6. The van der Waals surface area contributed by atoms with Gasteiger partial charge in [-0.2, -0.15) is 11.8 Å². The largest absolute Gasteiger partial charge is 0.383 e. The quantitative estimate of drug-likeness (QED) is 0.754. The van der Waals surface area contributed by atoms with Gasteiger partial charge < -0.3 is 5.32 Å². The lowest BCUT2D eigenvalue weighted by Gasteiger charge is -2.08. The molecule has 0 aliphatic rings. The maximum Gasteiger partial charge on any atom is 0.238 e. The van der Waals surface area contributed by atoms with Crippen LogP contribution in [0.2, 0.25) is 0 Å². The summed E-state index contributed by atoms with van der Waals surface area (Å²) in [5.41, 5.74) is 0.298. The van der Waals surface area contributed by atoms with E-state index in [4.69, 9.17) is 5.14 Å². The van der Waals surface area contributed by atoms with E-state index < -0.39 is 15.8 Å². The molecular formula is C11H17FN2O2S2. The minimum absolute atomic E-state index is 0.215. The van der Waals surface area contributed by atoms with Crippen molar-refractivity contribution in [1.82, 2.24) is 0 Å². The minimum atomic E-state index is -3.85. The Kier molecular flexibility index (Phi) is 5.90. The number of benzene rings is 1. The predicted molar refractivity (Wildman–Crippen MR) is 73.9 cm³/mol. The van der Waals surface area contributed by atoms with E-state index in [2.05, 4.69) is 5.32 Å². The van der Waals surface area contributed by atoms with Crippen molar-refractivity contribution in [2.75, 3.05) is 23.9 Å². The van der Waals surface area contributed by atoms with Gasteiger partial charge in [-0.25, -0.2) is 17.9 Å². The lowest BCUT2D eigenvalue weighted by molar-refractivity contribution is 0.592. The Balaban J connectivity index is 2.58. The van der Waals surface area contributed by atoms with Crippen molar-refractivity contribution >= 4 is 27.5 Å². The second kappa shape index (κ2) is 6.96. The first-order valence-electron chi connectivity index (χ1n) is 5.50. The molecule has 7 heteroatoms. The molecule has 0 amide bonds. The predicted octanol–water partition coefficient (Wildman–Crippen LogP) is 2.03. The molecule has 0 fully saturated rings. The van der Waals surface area contributed by atoms with Gasteiger partial charge in [-0.1, -0.05) is 0 Å². The fourth-order valence-corrected chi connectivity index (χ4v) is 2.43. The number of primary sulfonamides is 1. The number of halogens is 1. The minimum Gasteiger partial charge on any atom is -0.383 e. The molecule has 1 rings (SSSR count). The fraction of sp³-hybridized carbons (Fsp3) is 0.455. The highest BCUT2D eigenvalue weighted by Gasteiger charge is 2.11. The Morgan fingerprint density at radius 2 is 2.11 bits per heavy atom. The van der Waals surface area contributed by atoms with Gasteiger partial charge in [0.2, 0.25) is 10.0 Å². The Hall–Kier alpha value is -0.790. The second-order valence-electron chi connectivity index (χ2n) is 3.81. The zero-order valence-electron chi connectivity index (χ0n) is 10.1. The first-order valence-corrected chi connectivity index (χ1v) is 8.44. The van der Waals surface area contributed by atoms with Crippen LogP contribution in [0.4, 0.5) is 10.1 Å². The van der Waals surface area contributed by atoms with Crippen molar-refractivity contribution < 1.29 is 12.8 Å². The van der Waals surface area contributed by atoms with Crippen LogP contribution in [0.25, 0.3) is 0 Å². The Morgan fingerprint density at radius 3 is 2.67 bits per heavy atom. The second-order valence-corrected chi connectivity index (χ2v) is 6.36. The van der Waals surface area contributed by atoms with Crippen LogP contribution in [0.5, 0.6) is 0 Å². The molecule has 0 aromatic heterocycles. The van der Waals surface area contributed by atoms with E-state index in [-0.39, 0.29) is 4.90 Å². The molecule has 0 radical (unpaired) electrons. The number of anilines is 1. The van der Waals surface area contributed by atoms with E-state index in [1.807, 2.05) is 6.26 Å². The Bertz CT molecular complexity index is 492. The van der Waals surface area contributed by atoms with Crippen molar-refractivity contribution in [2.45, 2.75) is 17.7 Å². The molecule has 4 nitrogen and oxygen atoms in total. The van der Waals surface area contributed by atoms with Gasteiger partial charge in [-0.05, 0) is 43.0 Å². The van der Waals surface area contributed by atoms with Crippen LogP contribution in [0, 0.1) is 5.82 Å². The summed E-state index contributed by atoms with van der Waals surface area (Å²) in [5, 5.41) is 7.84. The molecule has 0 bridgehead atoms. The van der Waals surface area contributed by atoms with E-state index in [9.17, 15) is 12.8 Å². The molecule has 0 atom stereocenters. The van der Waals surface area contributed by atoms with Crippen LogP contribution >= 0.6 is 11.8 Å². The molecule has 102 valence electrons.